The number of hydrogen-bond donors (Lipinski definition) is 1. The smallest absolute Gasteiger partial charge is 0.0843 e. The maximum absolute atomic E-state index is 8.41. The molecule has 1 unspecified atom stereocenters. The molecule has 1 aliphatic rings. The number of nitrogens with one attached hydrogen (secondary N) is 1. The molecule has 1 saturated carbocycles. The fraction of sp³-hybridized carbons (Fsp3) is 0.900. The first-order valence-corrected chi connectivity index (χ1v) is 4.74. The van der Waals surface area contributed by atoms with E-state index in [4.69, 9.17) is 5.26 Å². The van der Waals surface area contributed by atoms with Crippen LogP contribution < -0.4 is 5.32 Å². The number of nitriles is 1. The summed E-state index contributed by atoms with van der Waals surface area (Å²) in [4.78, 5) is 0. The van der Waals surface area contributed by atoms with Crippen molar-refractivity contribution in [2.45, 2.75) is 45.6 Å². The third kappa shape index (κ3) is 2.83. The molecule has 1 atom stereocenters. The molecule has 1 N–H and O–H groups in total. The first-order chi connectivity index (χ1) is 5.64. The zero-order valence-electron chi connectivity index (χ0n) is 8.06. The van der Waals surface area contributed by atoms with Gasteiger partial charge in [0.2, 0.25) is 0 Å². The predicted molar refractivity (Wildman–Crippen MR) is 49.7 cm³/mol. The van der Waals surface area contributed by atoms with Gasteiger partial charge >= 0.3 is 0 Å². The van der Waals surface area contributed by atoms with Crippen molar-refractivity contribution in [3.8, 4) is 6.07 Å². The number of nitrogens with zero attached hydrogens (tertiary/aromatic N) is 1. The quantitative estimate of drug-likeness (QED) is 0.637. The Morgan fingerprint density at radius 1 is 1.58 bits per heavy atom. The Morgan fingerprint density at radius 2 is 2.33 bits per heavy atom. The molecule has 0 aromatic heterocycles. The van der Waals surface area contributed by atoms with E-state index in [0.29, 0.717) is 18.0 Å². The van der Waals surface area contributed by atoms with Crippen LogP contribution in [0, 0.1) is 16.7 Å². The van der Waals surface area contributed by atoms with E-state index in [1.165, 1.54) is 25.7 Å². The second-order valence-corrected chi connectivity index (χ2v) is 4.50. The second-order valence-electron chi connectivity index (χ2n) is 4.50. The van der Waals surface area contributed by atoms with Crippen LogP contribution in [0.15, 0.2) is 0 Å². The molecule has 12 heavy (non-hydrogen) atoms. The minimum Gasteiger partial charge on any atom is -0.302 e. The molecule has 1 aliphatic carbocycles. The van der Waals surface area contributed by atoms with Crippen molar-refractivity contribution in [3.63, 3.8) is 0 Å². The van der Waals surface area contributed by atoms with E-state index < -0.39 is 0 Å². The highest BCUT2D eigenvalue weighted by molar-refractivity contribution is 4.86. The summed E-state index contributed by atoms with van der Waals surface area (Å²) < 4.78 is 0. The lowest BCUT2D eigenvalue weighted by molar-refractivity contribution is 0.202. The topological polar surface area (TPSA) is 35.8 Å². The van der Waals surface area contributed by atoms with E-state index in [0.717, 1.165) is 0 Å². The highest BCUT2D eigenvalue weighted by Gasteiger charge is 2.27. The van der Waals surface area contributed by atoms with Gasteiger partial charge in [-0.1, -0.05) is 20.3 Å². The van der Waals surface area contributed by atoms with Gasteiger partial charge in [-0.25, -0.2) is 0 Å². The number of hydrogen-bond acceptors (Lipinski definition) is 2. The minimum atomic E-state index is 0.478. The Balaban J connectivity index is 2.32. The van der Waals surface area contributed by atoms with Gasteiger partial charge in [0, 0.05) is 6.04 Å². The summed E-state index contributed by atoms with van der Waals surface area (Å²) in [5.41, 5.74) is 0.478. The van der Waals surface area contributed by atoms with Crippen LogP contribution in [0.1, 0.15) is 39.5 Å². The van der Waals surface area contributed by atoms with Gasteiger partial charge < -0.3 is 5.32 Å². The average molecular weight is 166 g/mol. The molecule has 68 valence electrons. The summed E-state index contributed by atoms with van der Waals surface area (Å²) in [7, 11) is 0. The highest BCUT2D eigenvalue weighted by atomic mass is 14.9. The Morgan fingerprint density at radius 3 is 2.92 bits per heavy atom. The fourth-order valence-electron chi connectivity index (χ4n) is 2.06. The van der Waals surface area contributed by atoms with E-state index in [1.807, 2.05) is 0 Å². The van der Waals surface area contributed by atoms with Crippen LogP contribution in [-0.4, -0.2) is 12.6 Å². The largest absolute Gasteiger partial charge is 0.302 e. The monoisotopic (exact) mass is 166 g/mol. The third-order valence-electron chi connectivity index (χ3n) is 2.67. The Labute approximate surface area is 75.0 Å². The first-order valence-electron chi connectivity index (χ1n) is 4.74. The standard InChI is InChI=1S/C10H18N2/c1-10(2)5-3-4-9(8-10)12-7-6-11/h9,12H,3-5,7-8H2,1-2H3. The molecule has 0 aromatic carbocycles. The fourth-order valence-corrected chi connectivity index (χ4v) is 2.06. The summed E-state index contributed by atoms with van der Waals surface area (Å²) in [6.07, 6.45) is 5.09. The Kier molecular flexibility index (Phi) is 3.11. The van der Waals surface area contributed by atoms with Crippen molar-refractivity contribution in [3.05, 3.63) is 0 Å². The Bertz CT molecular complexity index is 179. The molecule has 0 aliphatic heterocycles. The predicted octanol–water partition coefficient (Wildman–Crippen LogP) is 2.07. The summed E-state index contributed by atoms with van der Waals surface area (Å²) in [5, 5.41) is 11.7. The van der Waals surface area contributed by atoms with E-state index in [-0.39, 0.29) is 0 Å². The van der Waals surface area contributed by atoms with Gasteiger partial charge in [0.05, 0.1) is 12.6 Å². The van der Waals surface area contributed by atoms with Crippen LogP contribution in [0.2, 0.25) is 0 Å². The number of rotatable bonds is 2. The van der Waals surface area contributed by atoms with Gasteiger partial charge in [0.1, 0.15) is 0 Å². The summed E-state index contributed by atoms with van der Waals surface area (Å²) in [5.74, 6) is 0. The molecule has 0 bridgehead atoms. The maximum atomic E-state index is 8.41. The van der Waals surface area contributed by atoms with Crippen LogP contribution in [0.4, 0.5) is 0 Å². The van der Waals surface area contributed by atoms with Crippen molar-refractivity contribution in [2.75, 3.05) is 6.54 Å². The molecule has 2 heteroatoms. The van der Waals surface area contributed by atoms with Crippen molar-refractivity contribution in [1.29, 1.82) is 5.26 Å². The summed E-state index contributed by atoms with van der Waals surface area (Å²) >= 11 is 0. The van der Waals surface area contributed by atoms with Gasteiger partial charge in [-0.15, -0.1) is 0 Å². The second kappa shape index (κ2) is 3.91. The van der Waals surface area contributed by atoms with Crippen molar-refractivity contribution in [1.82, 2.24) is 5.32 Å². The van der Waals surface area contributed by atoms with Crippen molar-refractivity contribution < 1.29 is 0 Å². The van der Waals surface area contributed by atoms with E-state index in [2.05, 4.69) is 25.2 Å². The van der Waals surface area contributed by atoms with Crippen molar-refractivity contribution in [2.24, 2.45) is 5.41 Å². The lowest BCUT2D eigenvalue weighted by Crippen LogP contribution is -2.37. The zero-order valence-corrected chi connectivity index (χ0v) is 8.06. The molecule has 0 amide bonds. The zero-order chi connectivity index (χ0) is 9.03. The molecule has 0 heterocycles. The van der Waals surface area contributed by atoms with E-state index >= 15 is 0 Å². The SMILES string of the molecule is CC1(C)CCCC(NCC#N)C1. The normalized spacial score (nSPS) is 27.9. The van der Waals surface area contributed by atoms with Crippen LogP contribution >= 0.6 is 0 Å². The minimum absolute atomic E-state index is 0.478. The van der Waals surface area contributed by atoms with Crippen LogP contribution in [0.25, 0.3) is 0 Å². The van der Waals surface area contributed by atoms with Crippen molar-refractivity contribution >= 4 is 0 Å². The Hall–Kier alpha value is -0.550. The molecule has 2 nitrogen and oxygen atoms in total. The van der Waals surface area contributed by atoms with E-state index in [9.17, 15) is 0 Å². The van der Waals surface area contributed by atoms with Crippen LogP contribution in [-0.2, 0) is 0 Å². The maximum Gasteiger partial charge on any atom is 0.0843 e. The highest BCUT2D eigenvalue weighted by Crippen LogP contribution is 2.34. The molecule has 1 rings (SSSR count). The summed E-state index contributed by atoms with van der Waals surface area (Å²) in [6, 6.07) is 2.71. The van der Waals surface area contributed by atoms with Gasteiger partial charge in [-0.05, 0) is 24.7 Å². The molecular formula is C10H18N2. The third-order valence-corrected chi connectivity index (χ3v) is 2.67. The molecule has 0 aromatic rings. The lowest BCUT2D eigenvalue weighted by atomic mass is 9.75. The van der Waals surface area contributed by atoms with Gasteiger partial charge in [-0.3, -0.25) is 0 Å². The molecule has 0 saturated heterocycles. The molecule has 1 fully saturated rings. The summed E-state index contributed by atoms with van der Waals surface area (Å²) in [6.45, 7) is 5.13. The molecular weight excluding hydrogens is 148 g/mol. The van der Waals surface area contributed by atoms with Crippen LogP contribution in [0.5, 0.6) is 0 Å². The van der Waals surface area contributed by atoms with Gasteiger partial charge in [0.25, 0.3) is 0 Å². The average Bonchev–Trinajstić information content (AvgIpc) is 1.99. The molecule has 0 radical (unpaired) electrons. The van der Waals surface area contributed by atoms with E-state index in [1.54, 1.807) is 0 Å². The van der Waals surface area contributed by atoms with Gasteiger partial charge in [0.15, 0.2) is 0 Å². The lowest BCUT2D eigenvalue weighted by Gasteiger charge is -2.35. The van der Waals surface area contributed by atoms with Crippen LogP contribution in [0.3, 0.4) is 0 Å². The van der Waals surface area contributed by atoms with Gasteiger partial charge in [-0.2, -0.15) is 5.26 Å². The first kappa shape index (κ1) is 9.54. The molecule has 0 spiro atoms.